The summed E-state index contributed by atoms with van der Waals surface area (Å²) in [6.45, 7) is 10.6. The molecule has 0 unspecified atom stereocenters. The maximum atomic E-state index is 11.6. The molecule has 5 aliphatic rings. The Morgan fingerprint density at radius 1 is 0.864 bits per heavy atom. The molecular weight excluding hydrogens is 592 g/mol. The fraction of sp³-hybridized carbons (Fsp3) is 1.00. The van der Waals surface area contributed by atoms with Crippen molar-refractivity contribution in [1.82, 2.24) is 0 Å². The minimum absolute atomic E-state index is 0.00797. The molecule has 0 spiro atoms. The first-order valence-corrected chi connectivity index (χ1v) is 18.2. The van der Waals surface area contributed by atoms with Gasteiger partial charge in [0.2, 0.25) is 0 Å². The van der Waals surface area contributed by atoms with Crippen LogP contribution in [0, 0.1) is 52.3 Å². The zero-order valence-electron chi connectivity index (χ0n) is 26.9. The molecular formula is C32H56O11S. The van der Waals surface area contributed by atoms with E-state index in [4.69, 9.17) is 14.0 Å². The molecule has 5 fully saturated rings. The third-order valence-corrected chi connectivity index (χ3v) is 13.5. The van der Waals surface area contributed by atoms with E-state index in [1.165, 1.54) is 0 Å². The lowest BCUT2D eigenvalue weighted by Gasteiger charge is -2.62. The second-order valence-electron chi connectivity index (χ2n) is 15.8. The molecule has 16 atom stereocenters. The summed E-state index contributed by atoms with van der Waals surface area (Å²) in [5.74, 6) is 1.64. The Bertz CT molecular complexity index is 1100. The Kier molecular flexibility index (Phi) is 10.2. The largest absolute Gasteiger partial charge is 0.397 e. The van der Waals surface area contributed by atoms with Crippen LogP contribution in [0.25, 0.3) is 0 Å². The first-order valence-electron chi connectivity index (χ1n) is 16.8. The molecule has 4 saturated carbocycles. The van der Waals surface area contributed by atoms with Gasteiger partial charge in [-0.2, -0.15) is 8.42 Å². The van der Waals surface area contributed by atoms with Gasteiger partial charge in [-0.3, -0.25) is 4.55 Å². The fourth-order valence-electron chi connectivity index (χ4n) is 10.8. The van der Waals surface area contributed by atoms with Crippen molar-refractivity contribution in [1.29, 1.82) is 0 Å². The average molecular weight is 649 g/mol. The van der Waals surface area contributed by atoms with Gasteiger partial charge in [0.15, 0.2) is 6.29 Å². The van der Waals surface area contributed by atoms with E-state index in [1.54, 1.807) is 0 Å². The molecule has 0 aromatic rings. The molecule has 0 amide bonds. The third kappa shape index (κ3) is 6.51. The standard InChI is InChI=1S/C32H56O11S/c1-16(2)25(42-30-29(37)28(36)26(15-41-30)43-44(38,39)40)7-6-17(3)21-14-24(35)27-19-13-23(34)22-12-18(33)8-10-31(22,4)20(19)9-11-32(21,27)5/h16-30,33-37H,6-15H2,1-5H3,(H,38,39,40)/t17-,18+,19-,20+,21-,22-,23-,24+,25+,26-,27-,28+,29-,30+,31-,32-/m1/s1. The fourth-order valence-corrected chi connectivity index (χ4v) is 11.2. The van der Waals surface area contributed by atoms with Gasteiger partial charge in [0.1, 0.15) is 18.3 Å². The minimum Gasteiger partial charge on any atom is -0.393 e. The van der Waals surface area contributed by atoms with E-state index in [-0.39, 0.29) is 59.2 Å². The van der Waals surface area contributed by atoms with Crippen molar-refractivity contribution in [2.45, 2.75) is 141 Å². The second kappa shape index (κ2) is 12.9. The summed E-state index contributed by atoms with van der Waals surface area (Å²) in [4.78, 5) is 0. The average Bonchev–Trinajstić information content (AvgIpc) is 3.21. The topological polar surface area (TPSA) is 183 Å². The molecule has 12 heteroatoms. The summed E-state index contributed by atoms with van der Waals surface area (Å²) in [5, 5.41) is 54.3. The number of fused-ring (bicyclic) bond motifs is 5. The van der Waals surface area contributed by atoms with Crippen molar-refractivity contribution >= 4 is 10.4 Å². The van der Waals surface area contributed by atoms with E-state index >= 15 is 0 Å². The van der Waals surface area contributed by atoms with Crippen molar-refractivity contribution in [2.24, 2.45) is 52.3 Å². The Morgan fingerprint density at radius 2 is 1.55 bits per heavy atom. The molecule has 11 nitrogen and oxygen atoms in total. The van der Waals surface area contributed by atoms with Crippen LogP contribution < -0.4 is 0 Å². The van der Waals surface area contributed by atoms with Gasteiger partial charge in [-0.05, 0) is 110 Å². The molecule has 4 aliphatic carbocycles. The number of hydrogen-bond acceptors (Lipinski definition) is 10. The van der Waals surface area contributed by atoms with E-state index in [0.717, 1.165) is 38.5 Å². The van der Waals surface area contributed by atoms with E-state index in [9.17, 15) is 34.0 Å². The van der Waals surface area contributed by atoms with Crippen LogP contribution in [0.3, 0.4) is 0 Å². The number of aliphatic hydroxyl groups is 5. The van der Waals surface area contributed by atoms with Crippen molar-refractivity contribution in [3.05, 3.63) is 0 Å². The number of hydrogen-bond donors (Lipinski definition) is 6. The predicted molar refractivity (Wildman–Crippen MR) is 160 cm³/mol. The summed E-state index contributed by atoms with van der Waals surface area (Å²) < 4.78 is 47.2. The van der Waals surface area contributed by atoms with E-state index in [1.807, 2.05) is 13.8 Å². The van der Waals surface area contributed by atoms with Gasteiger partial charge >= 0.3 is 10.4 Å². The highest BCUT2D eigenvalue weighted by atomic mass is 32.3. The van der Waals surface area contributed by atoms with Crippen molar-refractivity contribution in [3.8, 4) is 0 Å². The molecule has 0 aromatic carbocycles. The second-order valence-corrected chi connectivity index (χ2v) is 16.9. The lowest BCUT2D eigenvalue weighted by molar-refractivity contribution is -0.283. The molecule has 256 valence electrons. The van der Waals surface area contributed by atoms with E-state index in [2.05, 4.69) is 25.0 Å². The van der Waals surface area contributed by atoms with Crippen molar-refractivity contribution < 1.29 is 52.2 Å². The van der Waals surface area contributed by atoms with Gasteiger partial charge in [0.25, 0.3) is 0 Å². The quantitative estimate of drug-likeness (QED) is 0.202. The summed E-state index contributed by atoms with van der Waals surface area (Å²) in [6, 6.07) is 0. The first-order chi connectivity index (χ1) is 20.5. The van der Waals surface area contributed by atoms with Crippen LogP contribution in [-0.4, -0.2) is 94.1 Å². The minimum atomic E-state index is -4.83. The Labute approximate surface area is 262 Å². The van der Waals surface area contributed by atoms with Gasteiger partial charge in [-0.25, -0.2) is 4.18 Å². The first kappa shape index (κ1) is 34.9. The summed E-state index contributed by atoms with van der Waals surface area (Å²) in [7, 11) is -4.83. The summed E-state index contributed by atoms with van der Waals surface area (Å²) in [5.41, 5.74) is -0.0495. The molecule has 1 saturated heterocycles. The van der Waals surface area contributed by atoms with Crippen LogP contribution >= 0.6 is 0 Å². The summed E-state index contributed by atoms with van der Waals surface area (Å²) in [6.07, 6.45) is 0.152. The number of rotatable bonds is 9. The van der Waals surface area contributed by atoms with Gasteiger partial charge < -0.3 is 35.0 Å². The lowest BCUT2D eigenvalue weighted by atomic mass is 9.43. The molecule has 0 radical (unpaired) electrons. The van der Waals surface area contributed by atoms with Crippen LogP contribution in [0.2, 0.25) is 0 Å². The molecule has 6 N–H and O–H groups in total. The van der Waals surface area contributed by atoms with Gasteiger partial charge in [0.05, 0.1) is 31.0 Å². The van der Waals surface area contributed by atoms with Gasteiger partial charge in [0, 0.05) is 0 Å². The molecule has 0 bridgehead atoms. The van der Waals surface area contributed by atoms with Crippen molar-refractivity contribution in [3.63, 3.8) is 0 Å². The Hall–Kier alpha value is -0.410. The highest BCUT2D eigenvalue weighted by Crippen LogP contribution is 2.68. The molecule has 5 rings (SSSR count). The number of ether oxygens (including phenoxy) is 2. The smallest absolute Gasteiger partial charge is 0.393 e. The lowest BCUT2D eigenvalue weighted by Crippen LogP contribution is -2.59. The monoisotopic (exact) mass is 648 g/mol. The molecule has 1 aliphatic heterocycles. The van der Waals surface area contributed by atoms with Crippen LogP contribution in [0.4, 0.5) is 0 Å². The Morgan fingerprint density at radius 3 is 2.20 bits per heavy atom. The molecule has 44 heavy (non-hydrogen) atoms. The maximum absolute atomic E-state index is 11.6. The predicted octanol–water partition coefficient (Wildman–Crippen LogP) is 2.67. The molecule has 1 heterocycles. The third-order valence-electron chi connectivity index (χ3n) is 13.0. The van der Waals surface area contributed by atoms with Crippen LogP contribution in [0.1, 0.15) is 92.4 Å². The van der Waals surface area contributed by atoms with E-state index < -0.39 is 47.2 Å². The van der Waals surface area contributed by atoms with Crippen LogP contribution in [0.5, 0.6) is 0 Å². The van der Waals surface area contributed by atoms with Crippen LogP contribution in [-0.2, 0) is 24.1 Å². The normalized spacial score (nSPS) is 49.2. The zero-order valence-corrected chi connectivity index (χ0v) is 27.7. The van der Waals surface area contributed by atoms with E-state index in [0.29, 0.717) is 31.1 Å². The highest BCUT2D eigenvalue weighted by Gasteiger charge is 2.64. The molecule has 0 aromatic heterocycles. The summed E-state index contributed by atoms with van der Waals surface area (Å²) >= 11 is 0. The highest BCUT2D eigenvalue weighted by molar-refractivity contribution is 7.80. The van der Waals surface area contributed by atoms with Crippen LogP contribution in [0.15, 0.2) is 0 Å². The number of aliphatic hydroxyl groups excluding tert-OH is 5. The van der Waals surface area contributed by atoms with Gasteiger partial charge in [-0.15, -0.1) is 0 Å². The maximum Gasteiger partial charge on any atom is 0.397 e. The van der Waals surface area contributed by atoms with Crippen molar-refractivity contribution in [2.75, 3.05) is 6.61 Å². The Balaban J connectivity index is 1.23. The van der Waals surface area contributed by atoms with Gasteiger partial charge in [-0.1, -0.05) is 34.6 Å². The zero-order chi connectivity index (χ0) is 32.4. The SMILES string of the molecule is CC(C)[C@H](CC[C@@H](C)[C@H]1C[C@H](O)[C@H]2[C@@H]3C[C@@H](O)[C@H]4C[C@@H](O)CC[C@]4(C)[C@H]3CC[C@@]21C)O[C@@H]1OC[C@@H](OS(=O)(=O)O)[C@H](O)[C@H]1O.